The molecule has 7 heteroatoms. The Morgan fingerprint density at radius 2 is 1.73 bits per heavy atom. The molecule has 1 aliphatic carbocycles. The molecule has 0 radical (unpaired) electrons. The second-order valence-corrected chi connectivity index (χ2v) is 9.14. The fourth-order valence-electron chi connectivity index (χ4n) is 4.97. The molecule has 1 unspecified atom stereocenters. The molecule has 7 nitrogen and oxygen atoms in total. The first-order chi connectivity index (χ1) is 15.8. The van der Waals surface area contributed by atoms with Crippen molar-refractivity contribution >= 4 is 18.0 Å². The maximum atomic E-state index is 12.6. The first-order valence-corrected chi connectivity index (χ1v) is 11.5. The lowest BCUT2D eigenvalue weighted by molar-refractivity contribution is -0.155. The van der Waals surface area contributed by atoms with Crippen molar-refractivity contribution in [3.63, 3.8) is 0 Å². The highest BCUT2D eigenvalue weighted by Gasteiger charge is 2.45. The van der Waals surface area contributed by atoms with E-state index in [1.54, 1.807) is 6.92 Å². The highest BCUT2D eigenvalue weighted by Crippen LogP contribution is 2.44. The molecule has 2 aromatic carbocycles. The third-order valence-electron chi connectivity index (χ3n) is 6.90. The second-order valence-electron chi connectivity index (χ2n) is 9.14. The Labute approximate surface area is 193 Å². The van der Waals surface area contributed by atoms with Crippen molar-refractivity contribution in [3.8, 4) is 11.1 Å². The summed E-state index contributed by atoms with van der Waals surface area (Å²) in [6.45, 7) is 4.10. The summed E-state index contributed by atoms with van der Waals surface area (Å²) < 4.78 is 5.56. The van der Waals surface area contributed by atoms with E-state index in [1.165, 1.54) is 16.0 Å². The summed E-state index contributed by atoms with van der Waals surface area (Å²) in [6.07, 6.45) is 1.21. The van der Waals surface area contributed by atoms with Crippen molar-refractivity contribution in [2.45, 2.75) is 57.0 Å². The van der Waals surface area contributed by atoms with Gasteiger partial charge in [0.05, 0.1) is 0 Å². The second kappa shape index (κ2) is 9.25. The van der Waals surface area contributed by atoms with Crippen LogP contribution >= 0.6 is 0 Å². The van der Waals surface area contributed by atoms with Crippen LogP contribution in [-0.2, 0) is 14.3 Å². The van der Waals surface area contributed by atoms with Crippen LogP contribution in [0, 0.1) is 0 Å². The molecule has 0 spiro atoms. The van der Waals surface area contributed by atoms with Crippen LogP contribution in [0.1, 0.15) is 56.6 Å². The quantitative estimate of drug-likeness (QED) is 0.660. The molecule has 1 heterocycles. The number of carbonyl (C=O) groups is 3. The van der Waals surface area contributed by atoms with Gasteiger partial charge < -0.3 is 20.1 Å². The fourth-order valence-corrected chi connectivity index (χ4v) is 4.97. The maximum Gasteiger partial charge on any atom is 0.407 e. The molecule has 2 aromatic rings. The predicted octanol–water partition coefficient (Wildman–Crippen LogP) is 4.16. The van der Waals surface area contributed by atoms with Gasteiger partial charge in [0.15, 0.2) is 0 Å². The Bertz CT molecular complexity index is 1020. The SMILES string of the molecule is CC(CCC(=O)N1CCC[C@@]1(C)C(=O)O)NC(=O)OCC1c2ccccc2-c2ccccc21. The average Bonchev–Trinajstić information content (AvgIpc) is 3.35. The number of carbonyl (C=O) groups excluding carboxylic acids is 2. The Kier molecular flexibility index (Phi) is 6.40. The lowest BCUT2D eigenvalue weighted by Gasteiger charge is -2.31. The van der Waals surface area contributed by atoms with Gasteiger partial charge in [0.25, 0.3) is 0 Å². The van der Waals surface area contributed by atoms with Crippen LogP contribution in [0.4, 0.5) is 4.79 Å². The number of aliphatic carboxylic acids is 1. The van der Waals surface area contributed by atoms with E-state index in [-0.39, 0.29) is 30.9 Å². The van der Waals surface area contributed by atoms with E-state index >= 15 is 0 Å². The van der Waals surface area contributed by atoms with Gasteiger partial charge in [-0.3, -0.25) is 4.79 Å². The molecular weight excluding hydrogens is 420 g/mol. The predicted molar refractivity (Wildman–Crippen MR) is 124 cm³/mol. The number of likely N-dealkylation sites (tertiary alicyclic amines) is 1. The number of benzene rings is 2. The van der Waals surface area contributed by atoms with Crippen LogP contribution in [0.3, 0.4) is 0 Å². The van der Waals surface area contributed by atoms with Crippen LogP contribution in [0.15, 0.2) is 48.5 Å². The molecule has 2 amide bonds. The largest absolute Gasteiger partial charge is 0.480 e. The van der Waals surface area contributed by atoms with Crippen molar-refractivity contribution in [2.75, 3.05) is 13.2 Å². The van der Waals surface area contributed by atoms with Crippen LogP contribution in [0.2, 0.25) is 0 Å². The standard InChI is InChI=1S/C26H30N2O5/c1-17(12-13-23(29)28-15-7-14-26(28,2)24(30)31)27-25(32)33-16-22-20-10-5-3-8-18(20)19-9-4-6-11-21(19)22/h3-6,8-11,17,22H,7,12-16H2,1-2H3,(H,27,32)(H,30,31)/t17?,26-/m0/s1. The molecule has 1 saturated heterocycles. The molecule has 2 N–H and O–H groups in total. The summed E-state index contributed by atoms with van der Waals surface area (Å²) >= 11 is 0. The first kappa shape index (κ1) is 22.8. The monoisotopic (exact) mass is 450 g/mol. The van der Waals surface area contributed by atoms with Crippen molar-refractivity contribution in [1.29, 1.82) is 0 Å². The summed E-state index contributed by atoms with van der Waals surface area (Å²) in [5, 5.41) is 12.3. The van der Waals surface area contributed by atoms with E-state index in [9.17, 15) is 19.5 Å². The van der Waals surface area contributed by atoms with E-state index < -0.39 is 17.6 Å². The number of fused-ring (bicyclic) bond motifs is 3. The van der Waals surface area contributed by atoms with Crippen LogP contribution in [0.5, 0.6) is 0 Å². The Hall–Kier alpha value is -3.35. The maximum absolute atomic E-state index is 12.6. The van der Waals surface area contributed by atoms with E-state index in [1.807, 2.05) is 31.2 Å². The van der Waals surface area contributed by atoms with Gasteiger partial charge in [-0.2, -0.15) is 0 Å². The number of nitrogens with one attached hydrogen (secondary N) is 1. The first-order valence-electron chi connectivity index (χ1n) is 11.5. The van der Waals surface area contributed by atoms with Gasteiger partial charge in [-0.25, -0.2) is 9.59 Å². The van der Waals surface area contributed by atoms with Crippen LogP contribution in [-0.4, -0.2) is 52.7 Å². The minimum atomic E-state index is -1.14. The van der Waals surface area contributed by atoms with Crippen molar-refractivity contribution in [2.24, 2.45) is 0 Å². The lowest BCUT2D eigenvalue weighted by atomic mass is 9.98. The number of nitrogens with zero attached hydrogens (tertiary/aromatic N) is 1. The highest BCUT2D eigenvalue weighted by molar-refractivity contribution is 5.87. The molecule has 1 aliphatic heterocycles. The van der Waals surface area contributed by atoms with Gasteiger partial charge >= 0.3 is 12.1 Å². The van der Waals surface area contributed by atoms with Gasteiger partial charge in [-0.15, -0.1) is 0 Å². The molecule has 2 atom stereocenters. The van der Waals surface area contributed by atoms with Gasteiger partial charge in [-0.05, 0) is 55.4 Å². The molecule has 4 rings (SSSR count). The Morgan fingerprint density at radius 3 is 2.33 bits per heavy atom. The van der Waals surface area contributed by atoms with Crippen LogP contribution < -0.4 is 5.32 Å². The van der Waals surface area contributed by atoms with Crippen molar-refractivity contribution in [1.82, 2.24) is 10.2 Å². The van der Waals surface area contributed by atoms with Gasteiger partial charge in [-0.1, -0.05) is 48.5 Å². The zero-order valence-corrected chi connectivity index (χ0v) is 19.0. The number of ether oxygens (including phenoxy) is 1. The van der Waals surface area contributed by atoms with Crippen LogP contribution in [0.25, 0.3) is 11.1 Å². The number of hydrogen-bond acceptors (Lipinski definition) is 4. The van der Waals surface area contributed by atoms with E-state index in [2.05, 4.69) is 29.6 Å². The summed E-state index contributed by atoms with van der Waals surface area (Å²) in [5.41, 5.74) is 3.50. The molecule has 0 saturated carbocycles. The fraction of sp³-hybridized carbons (Fsp3) is 0.423. The molecule has 0 aromatic heterocycles. The number of carboxylic acid groups (broad SMARTS) is 1. The Balaban J connectivity index is 1.28. The third kappa shape index (κ3) is 4.45. The van der Waals surface area contributed by atoms with E-state index in [0.29, 0.717) is 25.8 Å². The van der Waals surface area contributed by atoms with E-state index in [4.69, 9.17) is 4.74 Å². The minimum absolute atomic E-state index is 0.0103. The third-order valence-corrected chi connectivity index (χ3v) is 6.90. The minimum Gasteiger partial charge on any atom is -0.480 e. The molecule has 1 fully saturated rings. The van der Waals surface area contributed by atoms with E-state index in [0.717, 1.165) is 11.1 Å². The van der Waals surface area contributed by atoms with Gasteiger partial charge in [0.1, 0.15) is 12.1 Å². The van der Waals surface area contributed by atoms with Gasteiger partial charge in [0, 0.05) is 24.9 Å². The molecule has 174 valence electrons. The molecule has 2 aliphatic rings. The van der Waals surface area contributed by atoms with Crippen molar-refractivity contribution < 1.29 is 24.2 Å². The summed E-state index contributed by atoms with van der Waals surface area (Å²) in [5.74, 6) is -1.18. The average molecular weight is 451 g/mol. The summed E-state index contributed by atoms with van der Waals surface area (Å²) in [6, 6.07) is 16.0. The number of alkyl carbamates (subject to hydrolysis) is 1. The normalized spacial score (nSPS) is 20.1. The lowest BCUT2D eigenvalue weighted by Crippen LogP contribution is -2.51. The highest BCUT2D eigenvalue weighted by atomic mass is 16.5. The number of rotatable bonds is 7. The van der Waals surface area contributed by atoms with Gasteiger partial charge in [0.2, 0.25) is 5.91 Å². The summed E-state index contributed by atoms with van der Waals surface area (Å²) in [4.78, 5) is 38.1. The molecule has 0 bridgehead atoms. The smallest absolute Gasteiger partial charge is 0.407 e. The topological polar surface area (TPSA) is 95.9 Å². The van der Waals surface area contributed by atoms with Crippen molar-refractivity contribution in [3.05, 3.63) is 59.7 Å². The zero-order chi connectivity index (χ0) is 23.6. The zero-order valence-electron chi connectivity index (χ0n) is 19.0. The summed E-state index contributed by atoms with van der Waals surface area (Å²) in [7, 11) is 0. The molecule has 33 heavy (non-hydrogen) atoms. The number of carboxylic acids is 1. The molecular formula is C26H30N2O5. The number of amides is 2. The number of hydrogen-bond donors (Lipinski definition) is 2. The Morgan fingerprint density at radius 1 is 1.12 bits per heavy atom.